The van der Waals surface area contributed by atoms with Crippen LogP contribution in [0.25, 0.3) is 5.69 Å². The van der Waals surface area contributed by atoms with E-state index in [2.05, 4.69) is 39.1 Å². The maximum Gasteiger partial charge on any atom is 0.291 e. The summed E-state index contributed by atoms with van der Waals surface area (Å²) in [5.41, 5.74) is 1.69. The van der Waals surface area contributed by atoms with Crippen LogP contribution < -0.4 is 10.2 Å². The quantitative estimate of drug-likeness (QED) is 0.656. The van der Waals surface area contributed by atoms with Crippen LogP contribution in [0.15, 0.2) is 42.6 Å². The van der Waals surface area contributed by atoms with Gasteiger partial charge in [0.1, 0.15) is 11.6 Å². The van der Waals surface area contributed by atoms with Gasteiger partial charge in [0.05, 0.1) is 17.9 Å². The molecule has 9 heteroatoms. The molecule has 2 aromatic heterocycles. The second-order valence-corrected chi connectivity index (χ2v) is 8.18. The molecule has 2 atom stereocenters. The molecule has 8 nitrogen and oxygen atoms in total. The highest BCUT2D eigenvalue weighted by molar-refractivity contribution is 6.30. The van der Waals surface area contributed by atoms with Gasteiger partial charge in [0.25, 0.3) is 5.91 Å². The number of pyridine rings is 1. The topological polar surface area (TPSA) is 85.2 Å². The van der Waals surface area contributed by atoms with Gasteiger partial charge in [-0.05, 0) is 56.7 Å². The molecule has 0 saturated carbocycles. The van der Waals surface area contributed by atoms with E-state index < -0.39 is 0 Å². The van der Waals surface area contributed by atoms with Gasteiger partial charge < -0.3 is 15.0 Å². The minimum Gasteiger partial charge on any atom is -0.372 e. The Morgan fingerprint density at radius 1 is 1.16 bits per heavy atom. The number of halogens is 1. The third-order valence-electron chi connectivity index (χ3n) is 5.05. The number of hydrogen-bond donors (Lipinski definition) is 1. The molecular weight excluding hydrogens is 416 g/mol. The number of ether oxygens (including phenoxy) is 1. The van der Waals surface area contributed by atoms with E-state index in [0.717, 1.165) is 30.2 Å². The summed E-state index contributed by atoms with van der Waals surface area (Å²) in [5, 5.41) is 7.82. The minimum absolute atomic E-state index is 0.119. The molecule has 162 valence electrons. The average molecular weight is 441 g/mol. The highest BCUT2D eigenvalue weighted by atomic mass is 35.5. The molecule has 1 aromatic carbocycles. The first-order chi connectivity index (χ1) is 14.9. The Bertz CT molecular complexity index is 1040. The lowest BCUT2D eigenvalue weighted by molar-refractivity contribution is -0.00546. The molecule has 0 radical (unpaired) electrons. The van der Waals surface area contributed by atoms with Crippen LogP contribution >= 0.6 is 11.6 Å². The molecular formula is C22H25ClN6O2. The lowest BCUT2D eigenvalue weighted by Gasteiger charge is -2.36. The number of rotatable bonds is 5. The van der Waals surface area contributed by atoms with E-state index in [1.54, 1.807) is 29.9 Å². The number of benzene rings is 1. The largest absolute Gasteiger partial charge is 0.372 e. The van der Waals surface area contributed by atoms with Gasteiger partial charge in [-0.3, -0.25) is 4.79 Å². The van der Waals surface area contributed by atoms with E-state index in [-0.39, 0.29) is 23.9 Å². The Morgan fingerprint density at radius 2 is 1.87 bits per heavy atom. The summed E-state index contributed by atoms with van der Waals surface area (Å²) in [6.45, 7) is 7.90. The molecule has 1 N–H and O–H groups in total. The maximum atomic E-state index is 12.5. The van der Waals surface area contributed by atoms with Crippen molar-refractivity contribution in [3.8, 4) is 5.69 Å². The Morgan fingerprint density at radius 3 is 2.52 bits per heavy atom. The van der Waals surface area contributed by atoms with Gasteiger partial charge in [0, 0.05) is 30.9 Å². The van der Waals surface area contributed by atoms with Crippen molar-refractivity contribution in [2.45, 2.75) is 39.5 Å². The number of aryl methyl sites for hydroxylation is 1. The molecule has 3 heterocycles. The number of nitrogens with zero attached hydrogens (tertiary/aromatic N) is 5. The summed E-state index contributed by atoms with van der Waals surface area (Å²) in [7, 11) is 0. The van der Waals surface area contributed by atoms with Crippen LogP contribution in [0.5, 0.6) is 0 Å². The zero-order valence-electron chi connectivity index (χ0n) is 17.7. The van der Waals surface area contributed by atoms with Crippen molar-refractivity contribution in [1.29, 1.82) is 0 Å². The highest BCUT2D eigenvalue weighted by Crippen LogP contribution is 2.18. The number of amides is 1. The fraction of sp³-hybridized carbons (Fsp3) is 0.364. The molecule has 3 aromatic rings. The highest BCUT2D eigenvalue weighted by Gasteiger charge is 2.23. The summed E-state index contributed by atoms with van der Waals surface area (Å²) < 4.78 is 7.39. The summed E-state index contributed by atoms with van der Waals surface area (Å²) in [5.74, 6) is 1.31. The predicted octanol–water partition coefficient (Wildman–Crippen LogP) is 3.17. The summed E-state index contributed by atoms with van der Waals surface area (Å²) >= 11 is 5.94. The normalized spacial score (nSPS) is 18.8. The molecule has 4 rings (SSSR count). The van der Waals surface area contributed by atoms with Gasteiger partial charge in [-0.1, -0.05) is 17.7 Å². The third kappa shape index (κ3) is 5.03. The van der Waals surface area contributed by atoms with Crippen molar-refractivity contribution >= 4 is 23.3 Å². The molecule has 1 amide bonds. The number of carbonyl (C=O) groups is 1. The number of morpholine rings is 1. The van der Waals surface area contributed by atoms with Crippen LogP contribution in [-0.2, 0) is 11.3 Å². The van der Waals surface area contributed by atoms with Crippen molar-refractivity contribution < 1.29 is 9.53 Å². The molecule has 0 aliphatic carbocycles. The first-order valence-corrected chi connectivity index (χ1v) is 10.6. The average Bonchev–Trinajstić information content (AvgIpc) is 3.14. The van der Waals surface area contributed by atoms with Crippen molar-refractivity contribution in [2.24, 2.45) is 0 Å². The van der Waals surface area contributed by atoms with Gasteiger partial charge in [-0.25, -0.2) is 14.6 Å². The smallest absolute Gasteiger partial charge is 0.291 e. The second kappa shape index (κ2) is 9.03. The zero-order chi connectivity index (χ0) is 22.0. The fourth-order valence-electron chi connectivity index (χ4n) is 3.65. The molecule has 0 bridgehead atoms. The van der Waals surface area contributed by atoms with Gasteiger partial charge in [-0.15, -0.1) is 5.10 Å². The van der Waals surface area contributed by atoms with Crippen LogP contribution in [0.2, 0.25) is 5.02 Å². The molecule has 2 unspecified atom stereocenters. The molecule has 0 spiro atoms. The van der Waals surface area contributed by atoms with E-state index in [1.165, 1.54) is 0 Å². The van der Waals surface area contributed by atoms with E-state index >= 15 is 0 Å². The Hall–Kier alpha value is -2.97. The molecule has 1 saturated heterocycles. The number of anilines is 1. The van der Waals surface area contributed by atoms with E-state index in [1.807, 2.05) is 24.3 Å². The summed E-state index contributed by atoms with van der Waals surface area (Å²) in [6, 6.07) is 11.1. The number of hydrogen-bond acceptors (Lipinski definition) is 6. The molecule has 1 aliphatic rings. The molecule has 31 heavy (non-hydrogen) atoms. The lowest BCUT2D eigenvalue weighted by atomic mass is 10.2. The minimum atomic E-state index is -0.337. The Labute approximate surface area is 186 Å². The fourth-order valence-corrected chi connectivity index (χ4v) is 3.77. The monoisotopic (exact) mass is 440 g/mol. The molecule has 1 fully saturated rings. The van der Waals surface area contributed by atoms with Gasteiger partial charge in [0.2, 0.25) is 5.82 Å². The second-order valence-electron chi connectivity index (χ2n) is 7.74. The van der Waals surface area contributed by atoms with Crippen LogP contribution in [0.4, 0.5) is 5.82 Å². The molecule has 1 aliphatic heterocycles. The predicted molar refractivity (Wildman–Crippen MR) is 119 cm³/mol. The Kier molecular flexibility index (Phi) is 6.20. The third-order valence-corrected chi connectivity index (χ3v) is 5.30. The van der Waals surface area contributed by atoms with Gasteiger partial charge in [0.15, 0.2) is 0 Å². The maximum absolute atomic E-state index is 12.5. The number of nitrogens with one attached hydrogen (secondary N) is 1. The first-order valence-electron chi connectivity index (χ1n) is 10.2. The van der Waals surface area contributed by atoms with E-state index in [9.17, 15) is 4.79 Å². The van der Waals surface area contributed by atoms with Crippen molar-refractivity contribution in [3.05, 3.63) is 64.8 Å². The SMILES string of the molecule is Cc1nc(C(=O)NCc2ccc(N3CC(C)OC(C)C3)nc2)nn1-c1ccc(Cl)cc1. The van der Waals surface area contributed by atoms with Crippen LogP contribution in [0.1, 0.15) is 35.9 Å². The van der Waals surface area contributed by atoms with Gasteiger partial charge in [-0.2, -0.15) is 0 Å². The number of aromatic nitrogens is 4. The van der Waals surface area contributed by atoms with Crippen molar-refractivity contribution in [2.75, 3.05) is 18.0 Å². The van der Waals surface area contributed by atoms with E-state index in [4.69, 9.17) is 16.3 Å². The van der Waals surface area contributed by atoms with Crippen LogP contribution in [0, 0.1) is 6.92 Å². The van der Waals surface area contributed by atoms with Crippen molar-refractivity contribution in [1.82, 2.24) is 25.1 Å². The number of carbonyl (C=O) groups excluding carboxylic acids is 1. The van der Waals surface area contributed by atoms with Crippen LogP contribution in [-0.4, -0.2) is 51.0 Å². The first kappa shape index (κ1) is 21.3. The lowest BCUT2D eigenvalue weighted by Crippen LogP contribution is -2.45. The zero-order valence-corrected chi connectivity index (χ0v) is 18.5. The van der Waals surface area contributed by atoms with Crippen molar-refractivity contribution in [3.63, 3.8) is 0 Å². The summed E-state index contributed by atoms with van der Waals surface area (Å²) in [4.78, 5) is 23.6. The standard InChI is InChI=1S/C22H25ClN6O2/c1-14-12-28(13-15(2)31-14)20-9-4-17(10-24-20)11-25-22(30)21-26-16(3)29(27-21)19-7-5-18(23)6-8-19/h4-10,14-15H,11-13H2,1-3H3,(H,25,30). The Balaban J connectivity index is 1.38. The van der Waals surface area contributed by atoms with Gasteiger partial charge >= 0.3 is 0 Å². The summed E-state index contributed by atoms with van der Waals surface area (Å²) in [6.07, 6.45) is 2.13. The van der Waals surface area contributed by atoms with E-state index in [0.29, 0.717) is 17.4 Å². The van der Waals surface area contributed by atoms with Crippen LogP contribution in [0.3, 0.4) is 0 Å².